The summed E-state index contributed by atoms with van der Waals surface area (Å²) >= 11 is 18.7. The highest BCUT2D eigenvalue weighted by Crippen LogP contribution is 2.44. The van der Waals surface area contributed by atoms with E-state index in [0.717, 1.165) is 5.56 Å². The first kappa shape index (κ1) is 16.4. The molecule has 0 amide bonds. The lowest BCUT2D eigenvalue weighted by Gasteiger charge is -2.36. The lowest BCUT2D eigenvalue weighted by Crippen LogP contribution is -2.39. The van der Waals surface area contributed by atoms with Crippen molar-refractivity contribution in [3.8, 4) is 0 Å². The standard InChI is InChI=1S/C17H12Cl3FN2/c1-10-17(9-16(20)23-22-10,14-4-2-3-5-15(14)19)11-6-12(18)8-13(21)7-11/h2-8H,9H2,1H3. The van der Waals surface area contributed by atoms with Crippen molar-refractivity contribution in [3.63, 3.8) is 0 Å². The number of nitrogens with zero attached hydrogens (tertiary/aromatic N) is 2. The number of hydrogen-bond donors (Lipinski definition) is 0. The van der Waals surface area contributed by atoms with Gasteiger partial charge in [0.2, 0.25) is 0 Å². The normalized spacial score (nSPS) is 20.9. The summed E-state index contributed by atoms with van der Waals surface area (Å²) in [5.74, 6) is -0.426. The molecule has 6 heteroatoms. The largest absolute Gasteiger partial charge is 0.207 e. The Balaban J connectivity index is 2.34. The Morgan fingerprint density at radius 2 is 1.78 bits per heavy atom. The molecule has 0 N–H and O–H groups in total. The molecule has 1 aliphatic heterocycles. The number of hydrogen-bond acceptors (Lipinski definition) is 2. The molecule has 2 aromatic carbocycles. The quantitative estimate of drug-likeness (QED) is 0.636. The van der Waals surface area contributed by atoms with Gasteiger partial charge >= 0.3 is 0 Å². The Morgan fingerprint density at radius 3 is 2.48 bits per heavy atom. The predicted octanol–water partition coefficient (Wildman–Crippen LogP) is 5.84. The monoisotopic (exact) mass is 368 g/mol. The van der Waals surface area contributed by atoms with Gasteiger partial charge in [-0.05, 0) is 42.3 Å². The van der Waals surface area contributed by atoms with Crippen LogP contribution in [0.25, 0.3) is 0 Å². The minimum absolute atomic E-state index is 0.304. The average Bonchev–Trinajstić information content (AvgIpc) is 2.49. The smallest absolute Gasteiger partial charge is 0.130 e. The zero-order valence-corrected chi connectivity index (χ0v) is 14.4. The van der Waals surface area contributed by atoms with Crippen molar-refractivity contribution in [1.29, 1.82) is 0 Å². The van der Waals surface area contributed by atoms with Gasteiger partial charge in [0, 0.05) is 16.5 Å². The van der Waals surface area contributed by atoms with Crippen LogP contribution in [0.3, 0.4) is 0 Å². The van der Waals surface area contributed by atoms with Crippen LogP contribution in [0.2, 0.25) is 10.0 Å². The molecule has 0 fully saturated rings. The molecular formula is C17H12Cl3FN2. The van der Waals surface area contributed by atoms with Gasteiger partial charge in [-0.1, -0.05) is 53.0 Å². The summed E-state index contributed by atoms with van der Waals surface area (Å²) in [5, 5.41) is 9.28. The molecule has 0 aromatic heterocycles. The van der Waals surface area contributed by atoms with Crippen molar-refractivity contribution < 1.29 is 4.39 Å². The van der Waals surface area contributed by atoms with Crippen LogP contribution in [0.1, 0.15) is 24.5 Å². The van der Waals surface area contributed by atoms with Gasteiger partial charge in [0.05, 0.1) is 11.1 Å². The summed E-state index contributed by atoms with van der Waals surface area (Å²) in [5.41, 5.74) is 1.31. The highest BCUT2D eigenvalue weighted by molar-refractivity contribution is 6.66. The molecule has 0 bridgehead atoms. The van der Waals surface area contributed by atoms with Gasteiger partial charge in [-0.3, -0.25) is 0 Å². The third-order valence-electron chi connectivity index (χ3n) is 4.03. The molecule has 2 aromatic rings. The fourth-order valence-corrected chi connectivity index (χ4v) is 3.72. The molecule has 0 saturated carbocycles. The third-order valence-corrected chi connectivity index (χ3v) is 4.78. The van der Waals surface area contributed by atoms with E-state index < -0.39 is 11.2 Å². The van der Waals surface area contributed by atoms with Crippen molar-refractivity contribution in [3.05, 3.63) is 69.5 Å². The van der Waals surface area contributed by atoms with Gasteiger partial charge in [-0.2, -0.15) is 5.10 Å². The van der Waals surface area contributed by atoms with Crippen molar-refractivity contribution in [2.75, 3.05) is 0 Å². The van der Waals surface area contributed by atoms with Gasteiger partial charge in [0.1, 0.15) is 11.0 Å². The second-order valence-corrected chi connectivity index (χ2v) is 6.66. The van der Waals surface area contributed by atoms with E-state index in [9.17, 15) is 4.39 Å². The molecule has 0 saturated heterocycles. The molecular weight excluding hydrogens is 358 g/mol. The van der Waals surface area contributed by atoms with Gasteiger partial charge in [0.15, 0.2) is 0 Å². The second kappa shape index (κ2) is 6.23. The summed E-state index contributed by atoms with van der Waals surface area (Å²) in [6.45, 7) is 1.83. The van der Waals surface area contributed by atoms with Gasteiger partial charge in [-0.25, -0.2) is 4.39 Å². The molecule has 0 spiro atoms. The minimum atomic E-state index is -0.803. The van der Waals surface area contributed by atoms with E-state index in [-0.39, 0.29) is 0 Å². The fourth-order valence-electron chi connectivity index (χ4n) is 2.96. The van der Waals surface area contributed by atoms with Crippen LogP contribution < -0.4 is 0 Å². The molecule has 23 heavy (non-hydrogen) atoms. The average molecular weight is 370 g/mol. The number of rotatable bonds is 2. The Labute approximate surface area is 148 Å². The first-order valence-electron chi connectivity index (χ1n) is 6.92. The van der Waals surface area contributed by atoms with E-state index in [4.69, 9.17) is 34.8 Å². The predicted molar refractivity (Wildman–Crippen MR) is 94.7 cm³/mol. The van der Waals surface area contributed by atoms with Crippen LogP contribution in [-0.2, 0) is 5.41 Å². The Hall–Kier alpha value is -1.42. The molecule has 2 nitrogen and oxygen atoms in total. The van der Waals surface area contributed by atoms with Gasteiger partial charge in [0.25, 0.3) is 0 Å². The maximum atomic E-state index is 14.0. The van der Waals surface area contributed by atoms with Crippen LogP contribution >= 0.6 is 34.8 Å². The van der Waals surface area contributed by atoms with E-state index >= 15 is 0 Å². The fraction of sp³-hybridized carbons (Fsp3) is 0.176. The Morgan fingerprint density at radius 1 is 1.04 bits per heavy atom. The molecule has 3 rings (SSSR count). The Kier molecular flexibility index (Phi) is 4.45. The van der Waals surface area contributed by atoms with Crippen molar-refractivity contribution >= 4 is 45.7 Å². The van der Waals surface area contributed by atoms with Crippen molar-refractivity contribution in [2.45, 2.75) is 18.8 Å². The van der Waals surface area contributed by atoms with Crippen LogP contribution in [0.15, 0.2) is 52.7 Å². The molecule has 0 radical (unpaired) electrons. The first-order chi connectivity index (χ1) is 10.9. The summed E-state index contributed by atoms with van der Waals surface area (Å²) in [7, 11) is 0. The number of benzene rings is 2. The van der Waals surface area contributed by atoms with Crippen LogP contribution in [0.5, 0.6) is 0 Å². The first-order valence-corrected chi connectivity index (χ1v) is 8.05. The highest BCUT2D eigenvalue weighted by atomic mass is 35.5. The van der Waals surface area contributed by atoms with E-state index in [2.05, 4.69) is 10.2 Å². The lowest BCUT2D eigenvalue weighted by atomic mass is 9.68. The topological polar surface area (TPSA) is 24.7 Å². The number of halogens is 4. The van der Waals surface area contributed by atoms with Crippen molar-refractivity contribution in [2.24, 2.45) is 10.2 Å². The third kappa shape index (κ3) is 2.89. The maximum Gasteiger partial charge on any atom is 0.130 e. The molecule has 1 atom stereocenters. The van der Waals surface area contributed by atoms with Crippen LogP contribution in [0, 0.1) is 5.82 Å². The summed E-state index contributed by atoms with van der Waals surface area (Å²) < 4.78 is 14.0. The molecule has 118 valence electrons. The van der Waals surface area contributed by atoms with E-state index in [1.54, 1.807) is 12.1 Å². The summed E-state index contributed by atoms with van der Waals surface area (Å²) in [6.07, 6.45) is 0.341. The second-order valence-electron chi connectivity index (χ2n) is 5.38. The highest BCUT2D eigenvalue weighted by Gasteiger charge is 2.42. The zero-order valence-electron chi connectivity index (χ0n) is 12.2. The van der Waals surface area contributed by atoms with Crippen molar-refractivity contribution in [1.82, 2.24) is 0 Å². The van der Waals surface area contributed by atoms with Gasteiger partial charge in [-0.15, -0.1) is 5.10 Å². The molecule has 0 aliphatic carbocycles. The summed E-state index contributed by atoms with van der Waals surface area (Å²) in [4.78, 5) is 0. The zero-order chi connectivity index (χ0) is 16.6. The van der Waals surface area contributed by atoms with E-state index in [1.807, 2.05) is 25.1 Å². The van der Waals surface area contributed by atoms with E-state index in [0.29, 0.717) is 32.9 Å². The van der Waals surface area contributed by atoms with Crippen LogP contribution in [0.4, 0.5) is 4.39 Å². The SMILES string of the molecule is CC1=NN=C(Cl)CC1(c1cc(F)cc(Cl)c1)c1ccccc1Cl. The summed E-state index contributed by atoms with van der Waals surface area (Å²) in [6, 6.07) is 11.8. The van der Waals surface area contributed by atoms with E-state index in [1.165, 1.54) is 12.1 Å². The van der Waals surface area contributed by atoms with Gasteiger partial charge < -0.3 is 0 Å². The van der Waals surface area contributed by atoms with Crippen LogP contribution in [-0.4, -0.2) is 10.9 Å². The molecule has 1 aliphatic rings. The lowest BCUT2D eigenvalue weighted by molar-refractivity contribution is 0.616. The Bertz CT molecular complexity index is 812. The minimum Gasteiger partial charge on any atom is -0.207 e. The molecule has 1 heterocycles. The molecule has 1 unspecified atom stereocenters. The maximum absolute atomic E-state index is 14.0.